The molecule has 1 aromatic rings. The van der Waals surface area contributed by atoms with E-state index < -0.39 is 0 Å². The summed E-state index contributed by atoms with van der Waals surface area (Å²) < 4.78 is 35.0. The summed E-state index contributed by atoms with van der Waals surface area (Å²) in [7, 11) is 0. The number of fused-ring (bicyclic) bond motifs is 1. The molecule has 0 radical (unpaired) electrons. The van der Waals surface area contributed by atoms with Gasteiger partial charge < -0.3 is 18.9 Å². The second-order valence-electron chi connectivity index (χ2n) is 10.3. The van der Waals surface area contributed by atoms with Crippen LogP contribution in [0.5, 0.6) is 0 Å². The molecule has 1 aromatic carbocycles. The monoisotopic (exact) mass is 538 g/mol. The third kappa shape index (κ3) is 7.69. The van der Waals surface area contributed by atoms with Crippen LogP contribution in [0.1, 0.15) is 52.5 Å². The topological polar surface area (TPSA) is 88.1 Å². The summed E-state index contributed by atoms with van der Waals surface area (Å²) in [6.07, 6.45) is 2.21. The Balaban J connectivity index is 1.54. The summed E-state index contributed by atoms with van der Waals surface area (Å²) in [6.45, 7) is 9.03. The Morgan fingerprint density at radius 2 is 1.68 bits per heavy atom. The quantitative estimate of drug-likeness (QED) is 0.135. The average molecular weight is 539 g/mol. The third-order valence-electron chi connectivity index (χ3n) is 7.80. The van der Waals surface area contributed by atoms with Gasteiger partial charge in [-0.3, -0.25) is 14.4 Å². The minimum atomic E-state index is -0.377. The molecule has 0 spiro atoms. The SMILES string of the molecule is CC[C@H](C)C(=O)OCOC[C@@H]1[C@H](CSc2ccc(F)c(C)c2)C[C@H]2[C@H](C(=O)OCOC(=O)[C@@H](C)CC)[C@@H]12. The van der Waals surface area contributed by atoms with Crippen LogP contribution in [0, 0.1) is 54.2 Å². The molecule has 0 amide bonds. The fraction of sp³-hybridized carbons (Fsp3) is 0.679. The molecule has 0 heterocycles. The van der Waals surface area contributed by atoms with Crippen molar-refractivity contribution >= 4 is 29.7 Å². The van der Waals surface area contributed by atoms with Crippen LogP contribution in [0.15, 0.2) is 23.1 Å². The molecule has 0 saturated heterocycles. The van der Waals surface area contributed by atoms with Gasteiger partial charge in [0, 0.05) is 10.6 Å². The van der Waals surface area contributed by atoms with Crippen LogP contribution in [-0.2, 0) is 33.3 Å². The van der Waals surface area contributed by atoms with E-state index in [2.05, 4.69) is 0 Å². The van der Waals surface area contributed by atoms with Gasteiger partial charge in [-0.25, -0.2) is 4.39 Å². The Morgan fingerprint density at radius 3 is 2.30 bits per heavy atom. The molecule has 2 aliphatic carbocycles. The highest BCUT2D eigenvalue weighted by Crippen LogP contribution is 2.63. The smallest absolute Gasteiger partial charge is 0.312 e. The number of benzene rings is 1. The molecule has 0 unspecified atom stereocenters. The first-order chi connectivity index (χ1) is 17.7. The molecule has 2 aliphatic rings. The lowest BCUT2D eigenvalue weighted by atomic mass is 9.90. The molecule has 7 atom stereocenters. The van der Waals surface area contributed by atoms with E-state index in [4.69, 9.17) is 18.9 Å². The van der Waals surface area contributed by atoms with Crippen molar-refractivity contribution in [2.45, 2.75) is 58.8 Å². The lowest BCUT2D eigenvalue weighted by molar-refractivity contribution is -0.171. The number of halogens is 1. The molecule has 0 bridgehead atoms. The number of hydrogen-bond donors (Lipinski definition) is 0. The van der Waals surface area contributed by atoms with E-state index in [0.29, 0.717) is 30.9 Å². The van der Waals surface area contributed by atoms with E-state index in [1.165, 1.54) is 6.07 Å². The first kappa shape index (κ1) is 29.4. The summed E-state index contributed by atoms with van der Waals surface area (Å²) >= 11 is 1.67. The number of ether oxygens (including phenoxy) is 4. The molecule has 2 fully saturated rings. The maximum absolute atomic E-state index is 13.6. The van der Waals surface area contributed by atoms with E-state index >= 15 is 0 Å². The lowest BCUT2D eigenvalue weighted by Crippen LogP contribution is -2.26. The predicted molar refractivity (Wildman–Crippen MR) is 137 cm³/mol. The van der Waals surface area contributed by atoms with Gasteiger partial charge in [0.25, 0.3) is 0 Å². The van der Waals surface area contributed by atoms with Gasteiger partial charge in [0.2, 0.25) is 6.79 Å². The van der Waals surface area contributed by atoms with E-state index in [1.807, 2.05) is 26.8 Å². The third-order valence-corrected chi connectivity index (χ3v) is 8.98. The Morgan fingerprint density at radius 1 is 1.03 bits per heavy atom. The summed E-state index contributed by atoms with van der Waals surface area (Å²) in [4.78, 5) is 37.5. The Hall–Kier alpha value is -2.13. The predicted octanol–water partition coefficient (Wildman–Crippen LogP) is 5.38. The minimum Gasteiger partial charge on any atom is -0.438 e. The molecule has 206 valence electrons. The van der Waals surface area contributed by atoms with E-state index in [-0.39, 0.29) is 72.8 Å². The van der Waals surface area contributed by atoms with Crippen LogP contribution in [0.25, 0.3) is 0 Å². The van der Waals surface area contributed by atoms with Crippen molar-refractivity contribution in [3.8, 4) is 0 Å². The molecule has 0 aromatic heterocycles. The highest BCUT2D eigenvalue weighted by Gasteiger charge is 2.65. The van der Waals surface area contributed by atoms with Crippen molar-refractivity contribution < 1.29 is 37.7 Å². The van der Waals surface area contributed by atoms with E-state index in [1.54, 1.807) is 31.7 Å². The van der Waals surface area contributed by atoms with Gasteiger partial charge in [-0.1, -0.05) is 27.7 Å². The van der Waals surface area contributed by atoms with Gasteiger partial charge in [0.05, 0.1) is 24.4 Å². The molecule has 9 heteroatoms. The van der Waals surface area contributed by atoms with Gasteiger partial charge in [-0.15, -0.1) is 11.8 Å². The number of carbonyl (C=O) groups excluding carboxylic acids is 3. The molecule has 0 N–H and O–H groups in total. The number of aryl methyl sites for hydroxylation is 1. The van der Waals surface area contributed by atoms with Gasteiger partial charge in [0.15, 0.2) is 6.79 Å². The van der Waals surface area contributed by atoms with Crippen molar-refractivity contribution in [1.82, 2.24) is 0 Å². The minimum absolute atomic E-state index is 0.0987. The Labute approximate surface area is 223 Å². The van der Waals surface area contributed by atoms with Crippen LogP contribution < -0.4 is 0 Å². The zero-order valence-electron chi connectivity index (χ0n) is 22.4. The highest BCUT2D eigenvalue weighted by atomic mass is 32.2. The van der Waals surface area contributed by atoms with Crippen molar-refractivity contribution in [3.63, 3.8) is 0 Å². The van der Waals surface area contributed by atoms with Crippen LogP contribution in [0.4, 0.5) is 4.39 Å². The lowest BCUT2D eigenvalue weighted by Gasteiger charge is -2.24. The molecule has 37 heavy (non-hydrogen) atoms. The molecular formula is C28H39FO7S. The maximum atomic E-state index is 13.6. The normalized spacial score (nSPS) is 25.6. The second-order valence-corrected chi connectivity index (χ2v) is 11.4. The molecule has 2 saturated carbocycles. The molecule has 7 nitrogen and oxygen atoms in total. The Bertz CT molecular complexity index is 954. The Kier molecular flexibility index (Phi) is 10.8. The summed E-state index contributed by atoms with van der Waals surface area (Å²) in [5.41, 5.74) is 0.610. The van der Waals surface area contributed by atoms with Gasteiger partial charge in [-0.05, 0) is 73.6 Å². The van der Waals surface area contributed by atoms with Gasteiger partial charge >= 0.3 is 17.9 Å². The van der Waals surface area contributed by atoms with Crippen LogP contribution in [0.3, 0.4) is 0 Å². The number of thioether (sulfide) groups is 1. The first-order valence-electron chi connectivity index (χ1n) is 13.1. The van der Waals surface area contributed by atoms with Crippen LogP contribution in [0.2, 0.25) is 0 Å². The van der Waals surface area contributed by atoms with Gasteiger partial charge in [0.1, 0.15) is 5.82 Å². The summed E-state index contributed by atoms with van der Waals surface area (Å²) in [5, 5.41) is 0. The van der Waals surface area contributed by atoms with Crippen LogP contribution >= 0.6 is 11.8 Å². The van der Waals surface area contributed by atoms with E-state index in [9.17, 15) is 18.8 Å². The first-order valence-corrected chi connectivity index (χ1v) is 14.1. The molecule has 3 rings (SSSR count). The van der Waals surface area contributed by atoms with Crippen molar-refractivity contribution in [3.05, 3.63) is 29.6 Å². The van der Waals surface area contributed by atoms with Crippen LogP contribution in [-0.4, -0.2) is 43.9 Å². The summed E-state index contributed by atoms with van der Waals surface area (Å²) in [5.74, 6) is -0.384. The second kappa shape index (κ2) is 13.6. The van der Waals surface area contributed by atoms with Crippen molar-refractivity contribution in [2.75, 3.05) is 25.9 Å². The zero-order chi connectivity index (χ0) is 27.1. The van der Waals surface area contributed by atoms with Crippen molar-refractivity contribution in [1.29, 1.82) is 0 Å². The number of carbonyl (C=O) groups is 3. The number of rotatable bonds is 14. The maximum Gasteiger partial charge on any atom is 0.312 e. The fourth-order valence-electron chi connectivity index (χ4n) is 4.95. The molecular weight excluding hydrogens is 499 g/mol. The largest absolute Gasteiger partial charge is 0.438 e. The fourth-order valence-corrected chi connectivity index (χ4v) is 6.17. The van der Waals surface area contributed by atoms with Gasteiger partial charge in [-0.2, -0.15) is 0 Å². The van der Waals surface area contributed by atoms with E-state index in [0.717, 1.165) is 17.1 Å². The highest BCUT2D eigenvalue weighted by molar-refractivity contribution is 7.99. The standard InChI is InChI=1S/C28H39FO7S/c1-6-16(3)26(30)34-14-33-12-22-19(13-37-20-8-9-23(29)18(5)10-20)11-21-24(22)25(21)28(32)36-15-35-27(31)17(4)7-2/h8-10,16-17,19,21-22,24-25H,6-7,11-15H2,1-5H3/t16-,17-,19-,21+,22+,24+,25-/m0/s1. The molecule has 0 aliphatic heterocycles. The van der Waals surface area contributed by atoms with Crippen molar-refractivity contribution in [2.24, 2.45) is 41.4 Å². The average Bonchev–Trinajstić information content (AvgIpc) is 3.49. The number of hydrogen-bond acceptors (Lipinski definition) is 8. The summed E-state index contributed by atoms with van der Waals surface area (Å²) in [6, 6.07) is 5.11. The number of esters is 3. The zero-order valence-corrected chi connectivity index (χ0v) is 23.2.